The minimum Gasteiger partial charge on any atom is -0.497 e. The molecule has 3 rings (SSSR count). The zero-order valence-corrected chi connectivity index (χ0v) is 18.7. The molecule has 0 spiro atoms. The van der Waals surface area contributed by atoms with Gasteiger partial charge in [-0.05, 0) is 55.2 Å². The topological polar surface area (TPSA) is 76.1 Å². The molecule has 2 atom stereocenters. The van der Waals surface area contributed by atoms with E-state index in [4.69, 9.17) is 9.47 Å². The number of hydrogen-bond donors (Lipinski definition) is 1. The Balaban J connectivity index is 1.67. The highest BCUT2D eigenvalue weighted by Crippen LogP contribution is 2.23. The van der Waals surface area contributed by atoms with Crippen LogP contribution < -0.4 is 9.47 Å². The van der Waals surface area contributed by atoms with Gasteiger partial charge >= 0.3 is 0 Å². The van der Waals surface area contributed by atoms with Crippen molar-refractivity contribution in [3.05, 3.63) is 59.2 Å². The second kappa shape index (κ2) is 9.81. The fourth-order valence-electron chi connectivity index (χ4n) is 3.76. The molecule has 6 nitrogen and oxygen atoms in total. The Morgan fingerprint density at radius 1 is 1.17 bits per heavy atom. The number of aryl methyl sites for hydroxylation is 1. The smallest absolute Gasteiger partial charge is 0.151 e. The molecule has 1 heterocycles. The van der Waals surface area contributed by atoms with Crippen molar-refractivity contribution in [3.63, 3.8) is 0 Å². The van der Waals surface area contributed by atoms with Gasteiger partial charge in [-0.2, -0.15) is 0 Å². The molecule has 0 amide bonds. The Morgan fingerprint density at radius 2 is 1.90 bits per heavy atom. The molecule has 0 aliphatic carbocycles. The van der Waals surface area contributed by atoms with Gasteiger partial charge in [0.1, 0.15) is 24.2 Å². The number of aliphatic hydroxyl groups is 1. The first-order chi connectivity index (χ1) is 14.3. The van der Waals surface area contributed by atoms with Gasteiger partial charge in [0.25, 0.3) is 0 Å². The first-order valence-electron chi connectivity index (χ1n) is 10.2. The predicted molar refractivity (Wildman–Crippen MR) is 118 cm³/mol. The number of aliphatic hydroxyl groups excluding tert-OH is 1. The minimum absolute atomic E-state index is 0.104. The van der Waals surface area contributed by atoms with E-state index in [0.29, 0.717) is 19.5 Å². The molecule has 0 aromatic heterocycles. The summed E-state index contributed by atoms with van der Waals surface area (Å²) in [5.74, 6) is 1.87. The summed E-state index contributed by atoms with van der Waals surface area (Å²) >= 11 is 0. The molecule has 1 fully saturated rings. The van der Waals surface area contributed by atoms with E-state index >= 15 is 0 Å². The number of benzene rings is 2. The van der Waals surface area contributed by atoms with E-state index in [2.05, 4.69) is 4.90 Å². The Bertz CT molecular complexity index is 943. The van der Waals surface area contributed by atoms with Crippen molar-refractivity contribution in [3.8, 4) is 11.5 Å². The second-order valence-corrected chi connectivity index (χ2v) is 10.2. The molecule has 0 radical (unpaired) electrons. The highest BCUT2D eigenvalue weighted by Gasteiger charge is 2.33. The summed E-state index contributed by atoms with van der Waals surface area (Å²) in [7, 11) is -1.40. The molecule has 1 aliphatic heterocycles. The molecule has 7 heteroatoms. The normalized spacial score (nSPS) is 19.0. The highest BCUT2D eigenvalue weighted by atomic mass is 32.2. The molecular weight excluding hydrogens is 402 g/mol. The number of hydrogen-bond acceptors (Lipinski definition) is 6. The van der Waals surface area contributed by atoms with E-state index in [1.807, 2.05) is 56.3 Å². The van der Waals surface area contributed by atoms with Crippen molar-refractivity contribution in [2.75, 3.05) is 31.8 Å². The van der Waals surface area contributed by atoms with Crippen molar-refractivity contribution in [2.45, 2.75) is 39.0 Å². The van der Waals surface area contributed by atoms with E-state index in [1.165, 1.54) is 0 Å². The highest BCUT2D eigenvalue weighted by molar-refractivity contribution is 7.91. The number of sulfone groups is 1. The summed E-state index contributed by atoms with van der Waals surface area (Å²) in [5, 5.41) is 10.7. The minimum atomic E-state index is -3.02. The number of nitrogens with zero attached hydrogens (tertiary/aromatic N) is 1. The third kappa shape index (κ3) is 5.97. The summed E-state index contributed by atoms with van der Waals surface area (Å²) in [6, 6.07) is 13.5. The molecule has 1 N–H and O–H groups in total. The van der Waals surface area contributed by atoms with Crippen LogP contribution in [-0.2, 0) is 16.4 Å². The summed E-state index contributed by atoms with van der Waals surface area (Å²) in [5.41, 5.74) is 3.24. The molecule has 0 saturated carbocycles. The second-order valence-electron chi connectivity index (χ2n) is 8.00. The van der Waals surface area contributed by atoms with Crippen LogP contribution in [0.25, 0.3) is 0 Å². The maximum Gasteiger partial charge on any atom is 0.151 e. The van der Waals surface area contributed by atoms with Gasteiger partial charge in [0.2, 0.25) is 0 Å². The van der Waals surface area contributed by atoms with Crippen LogP contribution in [0, 0.1) is 13.8 Å². The van der Waals surface area contributed by atoms with Crippen molar-refractivity contribution in [1.82, 2.24) is 4.90 Å². The summed E-state index contributed by atoms with van der Waals surface area (Å²) in [4.78, 5) is 2.06. The van der Waals surface area contributed by atoms with Crippen LogP contribution in [0.15, 0.2) is 42.5 Å². The molecule has 164 valence electrons. The van der Waals surface area contributed by atoms with Gasteiger partial charge in [0, 0.05) is 19.1 Å². The van der Waals surface area contributed by atoms with Crippen LogP contribution in [0.4, 0.5) is 0 Å². The average Bonchev–Trinajstić information content (AvgIpc) is 3.09. The lowest BCUT2D eigenvalue weighted by Crippen LogP contribution is -2.42. The van der Waals surface area contributed by atoms with Gasteiger partial charge in [-0.3, -0.25) is 4.90 Å². The van der Waals surface area contributed by atoms with E-state index < -0.39 is 15.9 Å². The molecule has 1 aliphatic rings. The first-order valence-corrected chi connectivity index (χ1v) is 12.0. The van der Waals surface area contributed by atoms with Crippen LogP contribution >= 0.6 is 0 Å². The molecule has 2 unspecified atom stereocenters. The molecule has 30 heavy (non-hydrogen) atoms. The van der Waals surface area contributed by atoms with Crippen LogP contribution in [-0.4, -0.2) is 62.3 Å². The van der Waals surface area contributed by atoms with Crippen molar-refractivity contribution < 1.29 is 23.0 Å². The molecule has 0 bridgehead atoms. The lowest BCUT2D eigenvalue weighted by Gasteiger charge is -2.30. The molecule has 1 saturated heterocycles. The Hall–Kier alpha value is -2.09. The standard InChI is InChI=1S/C23H31NO5S/c1-17-5-4-6-23(18(17)2)29-15-21(25)14-24(20-11-12-30(26,27)16-20)13-19-7-9-22(28-3)10-8-19/h4-10,20-21,25H,11-16H2,1-3H3. The third-order valence-electron chi connectivity index (χ3n) is 5.70. The van der Waals surface area contributed by atoms with Crippen molar-refractivity contribution >= 4 is 9.84 Å². The van der Waals surface area contributed by atoms with Crippen LogP contribution in [0.1, 0.15) is 23.1 Å². The summed E-state index contributed by atoms with van der Waals surface area (Å²) < 4.78 is 35.1. The van der Waals surface area contributed by atoms with Crippen molar-refractivity contribution in [1.29, 1.82) is 0 Å². The largest absolute Gasteiger partial charge is 0.497 e. The Morgan fingerprint density at radius 3 is 2.53 bits per heavy atom. The van der Waals surface area contributed by atoms with Gasteiger partial charge in [-0.15, -0.1) is 0 Å². The zero-order chi connectivity index (χ0) is 21.7. The fourth-order valence-corrected chi connectivity index (χ4v) is 5.52. The van der Waals surface area contributed by atoms with Gasteiger partial charge in [-0.1, -0.05) is 24.3 Å². The van der Waals surface area contributed by atoms with Crippen LogP contribution in [0.5, 0.6) is 11.5 Å². The fraction of sp³-hybridized carbons (Fsp3) is 0.478. The maximum absolute atomic E-state index is 12.0. The van der Waals surface area contributed by atoms with Gasteiger partial charge < -0.3 is 14.6 Å². The molecule has 2 aromatic rings. The summed E-state index contributed by atoms with van der Waals surface area (Å²) in [6.45, 7) is 5.08. The predicted octanol–water partition coefficient (Wildman–Crippen LogP) is 2.74. The zero-order valence-electron chi connectivity index (χ0n) is 17.9. The summed E-state index contributed by atoms with van der Waals surface area (Å²) in [6.07, 6.45) is -0.144. The Labute approximate surface area is 179 Å². The average molecular weight is 434 g/mol. The number of methoxy groups -OCH3 is 1. The third-order valence-corrected chi connectivity index (χ3v) is 7.45. The monoisotopic (exact) mass is 433 g/mol. The van der Waals surface area contributed by atoms with Gasteiger partial charge in [0.15, 0.2) is 9.84 Å². The van der Waals surface area contributed by atoms with E-state index in [1.54, 1.807) is 7.11 Å². The number of rotatable bonds is 9. The number of ether oxygens (including phenoxy) is 2. The van der Waals surface area contributed by atoms with Gasteiger partial charge in [-0.25, -0.2) is 8.42 Å². The quantitative estimate of drug-likeness (QED) is 0.655. The van der Waals surface area contributed by atoms with Crippen molar-refractivity contribution in [2.24, 2.45) is 0 Å². The SMILES string of the molecule is COc1ccc(CN(CC(O)COc2cccc(C)c2C)C2CCS(=O)(=O)C2)cc1. The maximum atomic E-state index is 12.0. The molecule has 2 aromatic carbocycles. The molecular formula is C23H31NO5S. The first kappa shape index (κ1) is 22.6. The van der Waals surface area contributed by atoms with E-state index in [0.717, 1.165) is 28.2 Å². The van der Waals surface area contributed by atoms with E-state index in [9.17, 15) is 13.5 Å². The lowest BCUT2D eigenvalue weighted by atomic mass is 10.1. The van der Waals surface area contributed by atoms with Crippen LogP contribution in [0.3, 0.4) is 0 Å². The lowest BCUT2D eigenvalue weighted by molar-refractivity contribution is 0.0522. The van der Waals surface area contributed by atoms with Gasteiger partial charge in [0.05, 0.1) is 18.6 Å². The Kier molecular flexibility index (Phi) is 7.39. The van der Waals surface area contributed by atoms with Crippen LogP contribution in [0.2, 0.25) is 0 Å². The van der Waals surface area contributed by atoms with E-state index in [-0.39, 0.29) is 24.2 Å².